The molecule has 2 unspecified atom stereocenters. The summed E-state index contributed by atoms with van der Waals surface area (Å²) in [4.78, 5) is 31.5. The molecule has 0 radical (unpaired) electrons. The molecule has 0 heterocycles. The maximum atomic E-state index is 10.7. The molecule has 0 aromatic heterocycles. The fraction of sp³-hybridized carbons (Fsp3) is 0.700. The predicted octanol–water partition coefficient (Wildman–Crippen LogP) is -2.07. The minimum Gasteiger partial charge on any atom is -0.481 e. The van der Waals surface area contributed by atoms with Gasteiger partial charge in [-0.2, -0.15) is 0 Å². The third-order valence-corrected chi connectivity index (χ3v) is 2.27. The second kappa shape index (κ2) is 9.25. The van der Waals surface area contributed by atoms with E-state index in [1.165, 1.54) is 0 Å². The van der Waals surface area contributed by atoms with Gasteiger partial charge in [0.2, 0.25) is 0 Å². The van der Waals surface area contributed by atoms with Crippen molar-refractivity contribution < 1.29 is 34.8 Å². The number of aliphatic hydroxyl groups excluding tert-OH is 1. The van der Waals surface area contributed by atoms with Crippen molar-refractivity contribution in [2.45, 2.75) is 24.9 Å². The Kier molecular flexibility index (Phi) is 8.42. The normalized spacial score (nSPS) is 13.7. The first-order valence-electron chi connectivity index (χ1n) is 5.60. The number of carbonyl (C=O) groups is 3. The summed E-state index contributed by atoms with van der Waals surface area (Å²) in [6.45, 7) is -0.00788. The second-order valence-electron chi connectivity index (χ2n) is 3.87. The molecule has 0 bridgehead atoms. The first kappa shape index (κ1) is 17.3. The van der Waals surface area contributed by atoms with Crippen LogP contribution in [0.15, 0.2) is 0 Å². The van der Waals surface area contributed by atoms with Gasteiger partial charge in [0.15, 0.2) is 0 Å². The number of nitrogens with one attached hydrogen (secondary N) is 2. The summed E-state index contributed by atoms with van der Waals surface area (Å²) in [6.07, 6.45) is -0.804. The molecular formula is C10H18N2O7. The highest BCUT2D eigenvalue weighted by atomic mass is 16.4. The van der Waals surface area contributed by atoms with E-state index in [4.69, 9.17) is 20.4 Å². The topological polar surface area (TPSA) is 156 Å². The molecule has 0 saturated carbocycles. The van der Waals surface area contributed by atoms with Crippen LogP contribution in [-0.2, 0) is 14.4 Å². The van der Waals surface area contributed by atoms with Crippen molar-refractivity contribution in [3.05, 3.63) is 0 Å². The second-order valence-corrected chi connectivity index (χ2v) is 3.87. The lowest BCUT2D eigenvalue weighted by Crippen LogP contribution is -2.44. The van der Waals surface area contributed by atoms with Crippen molar-refractivity contribution in [3.8, 4) is 0 Å². The summed E-state index contributed by atoms with van der Waals surface area (Å²) < 4.78 is 0. The zero-order valence-electron chi connectivity index (χ0n) is 10.2. The van der Waals surface area contributed by atoms with Crippen molar-refractivity contribution in [2.75, 3.05) is 19.7 Å². The molecule has 2 atom stereocenters. The highest BCUT2D eigenvalue weighted by Gasteiger charge is 2.20. The van der Waals surface area contributed by atoms with E-state index in [0.717, 1.165) is 0 Å². The van der Waals surface area contributed by atoms with Gasteiger partial charge in [0.05, 0.1) is 19.4 Å². The minimum absolute atomic E-state index is 0.139. The van der Waals surface area contributed by atoms with Gasteiger partial charge in [-0.05, 0) is 0 Å². The van der Waals surface area contributed by atoms with Gasteiger partial charge in [-0.15, -0.1) is 0 Å². The molecule has 0 saturated heterocycles. The number of carboxylic acids is 3. The zero-order chi connectivity index (χ0) is 14.8. The van der Waals surface area contributed by atoms with Crippen molar-refractivity contribution >= 4 is 17.9 Å². The van der Waals surface area contributed by atoms with Crippen LogP contribution >= 0.6 is 0 Å². The molecule has 0 aromatic rings. The number of hydrogen-bond donors (Lipinski definition) is 6. The minimum atomic E-state index is -1.27. The summed E-state index contributed by atoms with van der Waals surface area (Å²) >= 11 is 0. The highest BCUT2D eigenvalue weighted by molar-refractivity contribution is 5.80. The van der Waals surface area contributed by atoms with Crippen molar-refractivity contribution in [1.82, 2.24) is 10.6 Å². The van der Waals surface area contributed by atoms with Crippen molar-refractivity contribution in [3.63, 3.8) is 0 Å². The molecule has 0 amide bonds. The Hall–Kier alpha value is -1.71. The number of aliphatic hydroxyl groups is 1. The van der Waals surface area contributed by atoms with Crippen molar-refractivity contribution in [2.24, 2.45) is 0 Å². The number of hydrogen-bond acceptors (Lipinski definition) is 6. The molecule has 110 valence electrons. The predicted molar refractivity (Wildman–Crippen MR) is 62.8 cm³/mol. The zero-order valence-corrected chi connectivity index (χ0v) is 10.2. The summed E-state index contributed by atoms with van der Waals surface area (Å²) in [5.41, 5.74) is 0. The molecule has 0 fully saturated rings. The largest absolute Gasteiger partial charge is 0.481 e. The smallest absolute Gasteiger partial charge is 0.321 e. The standard InChI is InChI=1S/C10H18N2O7/c13-5-6(3-8(14)15)11-1-2-12-7(10(18)19)4-9(16)17/h6-7,11-13H,1-5H2,(H,14,15)(H,16,17)(H,18,19). The molecule has 0 spiro atoms. The Labute approximate surface area is 109 Å². The number of carboxylic acid groups (broad SMARTS) is 3. The van der Waals surface area contributed by atoms with E-state index in [2.05, 4.69) is 10.6 Å². The molecular weight excluding hydrogens is 260 g/mol. The van der Waals surface area contributed by atoms with Gasteiger partial charge < -0.3 is 31.1 Å². The fourth-order valence-corrected chi connectivity index (χ4v) is 1.36. The molecule has 0 rings (SSSR count). The molecule has 0 aromatic carbocycles. The Morgan fingerprint density at radius 2 is 1.42 bits per heavy atom. The number of aliphatic carboxylic acids is 3. The summed E-state index contributed by atoms with van der Waals surface area (Å²) in [7, 11) is 0. The van der Waals surface area contributed by atoms with Crippen LogP contribution < -0.4 is 10.6 Å². The van der Waals surface area contributed by atoms with Crippen molar-refractivity contribution in [1.29, 1.82) is 0 Å². The van der Waals surface area contributed by atoms with Crippen LogP contribution in [0.5, 0.6) is 0 Å². The van der Waals surface area contributed by atoms with Gasteiger partial charge in [0, 0.05) is 19.1 Å². The van der Waals surface area contributed by atoms with Crippen LogP contribution in [0.3, 0.4) is 0 Å². The van der Waals surface area contributed by atoms with Gasteiger partial charge in [-0.1, -0.05) is 0 Å². The third kappa shape index (κ3) is 8.94. The van der Waals surface area contributed by atoms with Crippen LogP contribution in [0, 0.1) is 0 Å². The molecule has 0 aliphatic rings. The van der Waals surface area contributed by atoms with E-state index in [1.54, 1.807) is 0 Å². The molecule has 9 nitrogen and oxygen atoms in total. The Morgan fingerprint density at radius 1 is 0.895 bits per heavy atom. The lowest BCUT2D eigenvalue weighted by atomic mass is 10.2. The van der Waals surface area contributed by atoms with E-state index in [-0.39, 0.29) is 26.1 Å². The monoisotopic (exact) mass is 278 g/mol. The Balaban J connectivity index is 3.95. The lowest BCUT2D eigenvalue weighted by molar-refractivity contribution is -0.145. The van der Waals surface area contributed by atoms with Crippen LogP contribution in [0.25, 0.3) is 0 Å². The van der Waals surface area contributed by atoms with Gasteiger partial charge >= 0.3 is 17.9 Å². The number of rotatable bonds is 11. The van der Waals surface area contributed by atoms with Crippen LogP contribution in [-0.4, -0.2) is 70.1 Å². The van der Waals surface area contributed by atoms with Crippen LogP contribution in [0.4, 0.5) is 0 Å². The van der Waals surface area contributed by atoms with Crippen LogP contribution in [0.2, 0.25) is 0 Å². The molecule has 0 aliphatic carbocycles. The maximum Gasteiger partial charge on any atom is 0.321 e. The summed E-state index contributed by atoms with van der Waals surface area (Å²) in [6, 6.07) is -1.83. The Bertz CT molecular complexity index is 321. The average Bonchev–Trinajstić information content (AvgIpc) is 2.30. The fourth-order valence-electron chi connectivity index (χ4n) is 1.36. The van der Waals surface area contributed by atoms with Gasteiger partial charge in [-0.3, -0.25) is 14.4 Å². The summed E-state index contributed by atoms with van der Waals surface area (Å²) in [5, 5.41) is 39.8. The summed E-state index contributed by atoms with van der Waals surface area (Å²) in [5.74, 6) is -3.56. The van der Waals surface area contributed by atoms with E-state index < -0.39 is 36.4 Å². The molecule has 19 heavy (non-hydrogen) atoms. The Morgan fingerprint density at radius 3 is 1.84 bits per heavy atom. The quantitative estimate of drug-likeness (QED) is 0.234. The molecule has 6 N–H and O–H groups in total. The van der Waals surface area contributed by atoms with Gasteiger partial charge in [0.25, 0.3) is 0 Å². The third-order valence-electron chi connectivity index (χ3n) is 2.27. The molecule has 9 heteroatoms. The highest BCUT2D eigenvalue weighted by Crippen LogP contribution is 1.93. The maximum absolute atomic E-state index is 10.7. The average molecular weight is 278 g/mol. The SMILES string of the molecule is O=C(O)CC(CO)NCCNC(CC(=O)O)C(=O)O. The first-order chi connectivity index (χ1) is 8.86. The van der Waals surface area contributed by atoms with E-state index >= 15 is 0 Å². The van der Waals surface area contributed by atoms with E-state index in [9.17, 15) is 14.4 Å². The van der Waals surface area contributed by atoms with E-state index in [1.807, 2.05) is 0 Å². The van der Waals surface area contributed by atoms with Crippen LogP contribution in [0.1, 0.15) is 12.8 Å². The first-order valence-corrected chi connectivity index (χ1v) is 5.60. The van der Waals surface area contributed by atoms with Gasteiger partial charge in [0.1, 0.15) is 6.04 Å². The molecule has 0 aliphatic heterocycles. The van der Waals surface area contributed by atoms with E-state index in [0.29, 0.717) is 0 Å². The van der Waals surface area contributed by atoms with Gasteiger partial charge in [-0.25, -0.2) is 0 Å². The lowest BCUT2D eigenvalue weighted by Gasteiger charge is -2.16.